The van der Waals surface area contributed by atoms with Crippen molar-refractivity contribution < 1.29 is 19.1 Å². The average molecular weight is 465 g/mol. The molecule has 0 unspecified atom stereocenters. The van der Waals surface area contributed by atoms with Gasteiger partial charge in [0.1, 0.15) is 17.1 Å². The normalized spacial score (nSPS) is 10.4. The summed E-state index contributed by atoms with van der Waals surface area (Å²) in [7, 11) is 3.02. The number of amides is 2. The molecule has 0 bridgehead atoms. The van der Waals surface area contributed by atoms with Crippen molar-refractivity contribution in [1.82, 2.24) is 0 Å². The highest BCUT2D eigenvalue weighted by atomic mass is 32.2. The molecule has 0 heterocycles. The summed E-state index contributed by atoms with van der Waals surface area (Å²) in [4.78, 5) is 26.3. The maximum atomic E-state index is 12.9. The standard InChI is InChI=1S/C26H28N2O4S/c1-5-18-10-6-9-17(2)25(18)28-23(29)16-33-20-12-7-11-19(15-20)27-26(30)24-21(31-3)13-8-14-22(24)32-4/h6-15H,5,16H2,1-4H3,(H,27,30)(H,28,29). The second-order valence-electron chi connectivity index (χ2n) is 7.32. The number of hydrogen-bond acceptors (Lipinski definition) is 5. The number of carbonyl (C=O) groups is 2. The zero-order valence-electron chi connectivity index (χ0n) is 19.2. The van der Waals surface area contributed by atoms with Gasteiger partial charge in [0.2, 0.25) is 5.91 Å². The van der Waals surface area contributed by atoms with Gasteiger partial charge in [-0.1, -0.05) is 37.3 Å². The summed E-state index contributed by atoms with van der Waals surface area (Å²) in [6, 6.07) is 18.6. The molecule has 172 valence electrons. The maximum absolute atomic E-state index is 12.9. The summed E-state index contributed by atoms with van der Waals surface area (Å²) in [5.74, 6) is 0.705. The summed E-state index contributed by atoms with van der Waals surface area (Å²) < 4.78 is 10.6. The van der Waals surface area contributed by atoms with Crippen LogP contribution in [-0.2, 0) is 11.2 Å². The summed E-state index contributed by atoms with van der Waals surface area (Å²) in [6.45, 7) is 4.06. The quantitative estimate of drug-likeness (QED) is 0.406. The Morgan fingerprint density at radius 3 is 2.24 bits per heavy atom. The number of hydrogen-bond donors (Lipinski definition) is 2. The smallest absolute Gasteiger partial charge is 0.263 e. The molecule has 0 fully saturated rings. The minimum Gasteiger partial charge on any atom is -0.496 e. The maximum Gasteiger partial charge on any atom is 0.263 e. The minimum atomic E-state index is -0.337. The fourth-order valence-corrected chi connectivity index (χ4v) is 4.21. The number of thioether (sulfide) groups is 1. The number of carbonyl (C=O) groups excluding carboxylic acids is 2. The predicted octanol–water partition coefficient (Wildman–Crippen LogP) is 5.56. The van der Waals surface area contributed by atoms with Gasteiger partial charge in [-0.15, -0.1) is 11.8 Å². The van der Waals surface area contributed by atoms with Gasteiger partial charge in [-0.2, -0.15) is 0 Å². The van der Waals surface area contributed by atoms with E-state index in [0.29, 0.717) is 22.7 Å². The third-order valence-electron chi connectivity index (χ3n) is 5.12. The Morgan fingerprint density at radius 1 is 0.909 bits per heavy atom. The lowest BCUT2D eigenvalue weighted by atomic mass is 10.1. The number of methoxy groups -OCH3 is 2. The number of nitrogens with one attached hydrogen (secondary N) is 2. The Labute approximate surface area is 198 Å². The number of ether oxygens (including phenoxy) is 2. The highest BCUT2D eigenvalue weighted by molar-refractivity contribution is 8.00. The van der Waals surface area contributed by atoms with Gasteiger partial charge in [-0.25, -0.2) is 0 Å². The molecule has 0 aromatic heterocycles. The van der Waals surface area contributed by atoms with E-state index in [4.69, 9.17) is 9.47 Å². The molecule has 0 saturated carbocycles. The van der Waals surface area contributed by atoms with Crippen molar-refractivity contribution in [2.24, 2.45) is 0 Å². The Morgan fingerprint density at radius 2 is 1.58 bits per heavy atom. The fourth-order valence-electron chi connectivity index (χ4n) is 3.46. The lowest BCUT2D eigenvalue weighted by molar-refractivity contribution is -0.113. The van der Waals surface area contributed by atoms with Gasteiger partial charge in [-0.3, -0.25) is 9.59 Å². The first-order chi connectivity index (χ1) is 16.0. The van der Waals surface area contributed by atoms with E-state index < -0.39 is 0 Å². The van der Waals surface area contributed by atoms with E-state index in [1.807, 2.05) is 43.3 Å². The molecule has 2 amide bonds. The molecule has 6 nitrogen and oxygen atoms in total. The van der Waals surface area contributed by atoms with E-state index in [1.165, 1.54) is 26.0 Å². The Balaban J connectivity index is 1.66. The summed E-state index contributed by atoms with van der Waals surface area (Å²) in [5.41, 5.74) is 3.99. The van der Waals surface area contributed by atoms with Crippen molar-refractivity contribution in [3.63, 3.8) is 0 Å². The van der Waals surface area contributed by atoms with Gasteiger partial charge in [-0.05, 0) is 54.8 Å². The van der Waals surface area contributed by atoms with Crippen LogP contribution in [0.25, 0.3) is 0 Å². The van der Waals surface area contributed by atoms with Crippen LogP contribution >= 0.6 is 11.8 Å². The van der Waals surface area contributed by atoms with Crippen LogP contribution < -0.4 is 20.1 Å². The molecule has 3 aromatic carbocycles. The molecule has 3 rings (SSSR count). The zero-order chi connectivity index (χ0) is 23.8. The molecule has 33 heavy (non-hydrogen) atoms. The first-order valence-electron chi connectivity index (χ1n) is 10.6. The van der Waals surface area contributed by atoms with Crippen molar-refractivity contribution >= 4 is 35.0 Å². The number of benzene rings is 3. The van der Waals surface area contributed by atoms with Gasteiger partial charge < -0.3 is 20.1 Å². The molecule has 2 N–H and O–H groups in total. The number of rotatable bonds is 9. The second kappa shape index (κ2) is 11.4. The van der Waals surface area contributed by atoms with E-state index in [-0.39, 0.29) is 17.6 Å². The van der Waals surface area contributed by atoms with Gasteiger partial charge in [0.05, 0.1) is 20.0 Å². The third kappa shape index (κ3) is 6.08. The second-order valence-corrected chi connectivity index (χ2v) is 8.37. The van der Waals surface area contributed by atoms with Crippen LogP contribution in [0.5, 0.6) is 11.5 Å². The minimum absolute atomic E-state index is 0.0720. The number of aryl methyl sites for hydroxylation is 2. The molecule has 7 heteroatoms. The molecule has 0 atom stereocenters. The Hall–Kier alpha value is -3.45. The van der Waals surface area contributed by atoms with Crippen LogP contribution in [0, 0.1) is 6.92 Å². The number of anilines is 2. The van der Waals surface area contributed by atoms with Crippen LogP contribution in [0.15, 0.2) is 65.6 Å². The highest BCUT2D eigenvalue weighted by Crippen LogP contribution is 2.30. The van der Waals surface area contributed by atoms with Crippen LogP contribution in [0.3, 0.4) is 0 Å². The van der Waals surface area contributed by atoms with E-state index in [1.54, 1.807) is 24.3 Å². The molecular formula is C26H28N2O4S. The predicted molar refractivity (Wildman–Crippen MR) is 134 cm³/mol. The van der Waals surface area contributed by atoms with Gasteiger partial charge in [0.15, 0.2) is 0 Å². The Bertz CT molecular complexity index is 1120. The Kier molecular flexibility index (Phi) is 8.38. The molecule has 0 radical (unpaired) electrons. The van der Waals surface area contributed by atoms with Crippen LogP contribution in [0.4, 0.5) is 11.4 Å². The summed E-state index contributed by atoms with van der Waals surface area (Å²) in [6.07, 6.45) is 0.850. The highest BCUT2D eigenvalue weighted by Gasteiger charge is 2.18. The van der Waals surface area contributed by atoms with Crippen molar-refractivity contribution in [1.29, 1.82) is 0 Å². The van der Waals surface area contributed by atoms with Crippen molar-refractivity contribution in [2.45, 2.75) is 25.2 Å². The largest absolute Gasteiger partial charge is 0.496 e. The first kappa shape index (κ1) is 24.2. The third-order valence-corrected chi connectivity index (χ3v) is 6.11. The lowest BCUT2D eigenvalue weighted by Gasteiger charge is -2.14. The van der Waals surface area contributed by atoms with Gasteiger partial charge in [0.25, 0.3) is 5.91 Å². The topological polar surface area (TPSA) is 76.7 Å². The van der Waals surface area contributed by atoms with Crippen molar-refractivity contribution in [3.05, 3.63) is 77.4 Å². The molecule has 0 aliphatic heterocycles. The molecular weight excluding hydrogens is 436 g/mol. The van der Waals surface area contributed by atoms with E-state index in [2.05, 4.69) is 17.6 Å². The van der Waals surface area contributed by atoms with E-state index >= 15 is 0 Å². The van der Waals surface area contributed by atoms with Crippen molar-refractivity contribution in [2.75, 3.05) is 30.6 Å². The van der Waals surface area contributed by atoms with Gasteiger partial charge in [0, 0.05) is 16.3 Å². The molecule has 0 spiro atoms. The zero-order valence-corrected chi connectivity index (χ0v) is 20.0. The lowest BCUT2D eigenvalue weighted by Crippen LogP contribution is -2.16. The monoisotopic (exact) mass is 464 g/mol. The molecule has 0 saturated heterocycles. The van der Waals surface area contributed by atoms with Crippen LogP contribution in [0.1, 0.15) is 28.4 Å². The van der Waals surface area contributed by atoms with Crippen LogP contribution in [0.2, 0.25) is 0 Å². The fraction of sp³-hybridized carbons (Fsp3) is 0.231. The van der Waals surface area contributed by atoms with Gasteiger partial charge >= 0.3 is 0 Å². The molecule has 0 aliphatic carbocycles. The average Bonchev–Trinajstić information content (AvgIpc) is 2.83. The number of para-hydroxylation sites is 1. The first-order valence-corrected chi connectivity index (χ1v) is 11.6. The van der Waals surface area contributed by atoms with E-state index in [0.717, 1.165) is 28.1 Å². The van der Waals surface area contributed by atoms with E-state index in [9.17, 15) is 9.59 Å². The summed E-state index contributed by atoms with van der Waals surface area (Å²) >= 11 is 1.41. The molecule has 0 aliphatic rings. The summed E-state index contributed by atoms with van der Waals surface area (Å²) in [5, 5.41) is 5.92. The molecule has 3 aromatic rings. The van der Waals surface area contributed by atoms with Crippen molar-refractivity contribution in [3.8, 4) is 11.5 Å². The van der Waals surface area contributed by atoms with Crippen LogP contribution in [-0.4, -0.2) is 31.8 Å². The SMILES string of the molecule is CCc1cccc(C)c1NC(=O)CSc1cccc(NC(=O)c2c(OC)cccc2OC)c1.